The lowest BCUT2D eigenvalue weighted by molar-refractivity contribution is -0.152. The predicted molar refractivity (Wildman–Crippen MR) is 207 cm³/mol. The van der Waals surface area contributed by atoms with Crippen LogP contribution in [-0.2, 0) is 9.59 Å². The quantitative estimate of drug-likeness (QED) is 0.281. The molecule has 7 fully saturated rings. The Morgan fingerprint density at radius 2 is 1.14 bits per heavy atom. The van der Waals surface area contributed by atoms with Crippen LogP contribution in [0.4, 0.5) is 0 Å². The van der Waals surface area contributed by atoms with Crippen LogP contribution in [0, 0.1) is 74.4 Å². The number of aliphatic hydroxyl groups is 2. The lowest BCUT2D eigenvalue weighted by Crippen LogP contribution is -2.56. The summed E-state index contributed by atoms with van der Waals surface area (Å²) in [4.78, 5) is 24.5. The molecule has 0 amide bonds. The maximum absolute atomic E-state index is 12.3. The van der Waals surface area contributed by atoms with Crippen LogP contribution in [0.2, 0.25) is 0 Å². The predicted octanol–water partition coefficient (Wildman–Crippen LogP) is 11.1. The molecule has 0 radical (unpaired) electrons. The molecule has 0 heterocycles. The molecule has 0 aliphatic heterocycles. The zero-order valence-corrected chi connectivity index (χ0v) is 34.3. The molecule has 51 heavy (non-hydrogen) atoms. The Bertz CT molecular complexity index is 1410. The minimum Gasteiger partial charge on any atom is -0.390 e. The topological polar surface area (TPSA) is 74.6 Å². The number of hydrogen-bond donors (Lipinski definition) is 2. The number of allylic oxidation sites excluding steroid dienone is 1. The van der Waals surface area contributed by atoms with Gasteiger partial charge in [0.25, 0.3) is 0 Å². The normalized spacial score (nSPS) is 54.7. The molecule has 8 rings (SSSR count). The first-order chi connectivity index (χ1) is 23.7. The van der Waals surface area contributed by atoms with E-state index in [1.54, 1.807) is 5.57 Å². The highest BCUT2D eigenvalue weighted by Crippen LogP contribution is 2.71. The number of ketones is 2. The van der Waals surface area contributed by atoms with E-state index >= 15 is 0 Å². The van der Waals surface area contributed by atoms with E-state index in [9.17, 15) is 19.8 Å². The summed E-state index contributed by atoms with van der Waals surface area (Å²) in [6, 6.07) is 0. The van der Waals surface area contributed by atoms with Gasteiger partial charge in [0.2, 0.25) is 0 Å². The van der Waals surface area contributed by atoms with Gasteiger partial charge < -0.3 is 10.2 Å². The molecule has 0 aromatic heterocycles. The van der Waals surface area contributed by atoms with Crippen LogP contribution in [0.15, 0.2) is 11.6 Å². The molecule has 2 N–H and O–H groups in total. The highest BCUT2D eigenvalue weighted by atomic mass is 16.3. The van der Waals surface area contributed by atoms with Crippen LogP contribution in [0.1, 0.15) is 184 Å². The average Bonchev–Trinajstić information content (AvgIpc) is 3.50. The Morgan fingerprint density at radius 3 is 1.75 bits per heavy atom. The van der Waals surface area contributed by atoms with E-state index < -0.39 is 11.2 Å². The second kappa shape index (κ2) is 12.8. The molecular weight excluding hydrogens is 629 g/mol. The van der Waals surface area contributed by atoms with Gasteiger partial charge in [-0.2, -0.15) is 0 Å². The summed E-state index contributed by atoms with van der Waals surface area (Å²) >= 11 is 0. The van der Waals surface area contributed by atoms with Crippen LogP contribution in [-0.4, -0.2) is 33.0 Å². The van der Waals surface area contributed by atoms with E-state index in [4.69, 9.17) is 0 Å². The third-order valence-electron chi connectivity index (χ3n) is 19.4. The zero-order valence-electron chi connectivity index (χ0n) is 34.3. The number of carbonyl (C=O) groups excluding carboxylic acids is 2. The number of carbonyl (C=O) groups is 2. The first kappa shape index (κ1) is 38.3. The van der Waals surface area contributed by atoms with E-state index in [1.165, 1.54) is 77.0 Å². The maximum atomic E-state index is 12.3. The van der Waals surface area contributed by atoms with Crippen molar-refractivity contribution in [3.8, 4) is 0 Å². The minimum atomic E-state index is -0.521. The second-order valence-corrected chi connectivity index (χ2v) is 22.3. The fourth-order valence-corrected chi connectivity index (χ4v) is 16.7. The van der Waals surface area contributed by atoms with Crippen molar-refractivity contribution in [2.75, 3.05) is 0 Å². The molecule has 288 valence electrons. The van der Waals surface area contributed by atoms with Gasteiger partial charge in [0.1, 0.15) is 11.6 Å². The summed E-state index contributed by atoms with van der Waals surface area (Å²) in [5.74, 6) is 6.04. The Balaban J connectivity index is 0.000000159. The molecule has 0 spiro atoms. The molecule has 0 aromatic carbocycles. The summed E-state index contributed by atoms with van der Waals surface area (Å²) in [6.45, 7) is 20.2. The Hall–Kier alpha value is -1.00. The first-order valence-corrected chi connectivity index (χ1v) is 21.9. The van der Waals surface area contributed by atoms with E-state index in [1.807, 2.05) is 20.8 Å². The largest absolute Gasteiger partial charge is 0.390 e. The number of rotatable bonds is 2. The standard InChI is InChI=1S/C24H40O2.C23H36O2/c1-16(25)18-7-8-19-17-9-13-21(2)15-22(3,26)11-6-12-24(21,5)20(17)10-14-23(18,19)4;1-15(24)18-8-9-19-17-7-6-16-14-21(2,25)11-5-12-22(16,3)20(17)10-13-23(18,19)4/h17-20,26H,6-15H2,1-5H3;6,17-20,25H,5,7-14H2,1-4H3/t17-,18+,19-,20-,21-,22-,23+,24+;17-,18+,19-,20-,21-,22-,23+/m00/s1. The monoisotopic (exact) mass is 705 g/mol. The van der Waals surface area contributed by atoms with Gasteiger partial charge in [-0.1, -0.05) is 52.7 Å². The molecule has 0 saturated heterocycles. The molecule has 4 heteroatoms. The average molecular weight is 705 g/mol. The van der Waals surface area contributed by atoms with Crippen LogP contribution in [0.25, 0.3) is 0 Å². The summed E-state index contributed by atoms with van der Waals surface area (Å²) < 4.78 is 0. The van der Waals surface area contributed by atoms with Gasteiger partial charge in [0.15, 0.2) is 0 Å². The van der Waals surface area contributed by atoms with Crippen LogP contribution in [0.5, 0.6) is 0 Å². The molecule has 0 bridgehead atoms. The van der Waals surface area contributed by atoms with E-state index in [0.717, 1.165) is 80.5 Å². The zero-order chi connectivity index (χ0) is 37.0. The summed E-state index contributed by atoms with van der Waals surface area (Å²) in [6.07, 6.45) is 24.6. The summed E-state index contributed by atoms with van der Waals surface area (Å²) in [5.41, 5.74) is 1.92. The lowest BCUT2D eigenvalue weighted by Gasteiger charge is -2.63. The highest BCUT2D eigenvalue weighted by molar-refractivity contribution is 5.80. The molecule has 8 aliphatic carbocycles. The van der Waals surface area contributed by atoms with Crippen molar-refractivity contribution in [2.24, 2.45) is 74.4 Å². The molecule has 4 nitrogen and oxygen atoms in total. The smallest absolute Gasteiger partial charge is 0.133 e. The molecular formula is C47H76O4. The van der Waals surface area contributed by atoms with Crippen molar-refractivity contribution in [1.29, 1.82) is 0 Å². The van der Waals surface area contributed by atoms with E-state index in [0.29, 0.717) is 28.8 Å². The minimum absolute atomic E-state index is 0.241. The maximum Gasteiger partial charge on any atom is 0.133 e. The highest BCUT2D eigenvalue weighted by Gasteiger charge is 2.64. The number of hydrogen-bond acceptors (Lipinski definition) is 4. The summed E-state index contributed by atoms with van der Waals surface area (Å²) in [5, 5.41) is 21.6. The molecule has 0 unspecified atom stereocenters. The molecule has 15 atom stereocenters. The van der Waals surface area contributed by atoms with Gasteiger partial charge in [-0.15, -0.1) is 0 Å². The van der Waals surface area contributed by atoms with Crippen molar-refractivity contribution in [3.05, 3.63) is 11.6 Å². The van der Waals surface area contributed by atoms with Crippen LogP contribution >= 0.6 is 0 Å². The Kier molecular flexibility index (Phi) is 9.59. The second-order valence-electron chi connectivity index (χ2n) is 22.3. The first-order valence-electron chi connectivity index (χ1n) is 21.9. The van der Waals surface area contributed by atoms with Crippen molar-refractivity contribution in [2.45, 2.75) is 196 Å². The lowest BCUT2D eigenvalue weighted by atomic mass is 9.42. The number of fused-ring (bicyclic) bond motifs is 10. The van der Waals surface area contributed by atoms with E-state index in [-0.39, 0.29) is 21.7 Å². The van der Waals surface area contributed by atoms with Gasteiger partial charge in [-0.25, -0.2) is 0 Å². The van der Waals surface area contributed by atoms with E-state index in [2.05, 4.69) is 47.6 Å². The van der Waals surface area contributed by atoms with Crippen molar-refractivity contribution >= 4 is 11.6 Å². The van der Waals surface area contributed by atoms with Crippen LogP contribution in [0.3, 0.4) is 0 Å². The third-order valence-corrected chi connectivity index (χ3v) is 19.4. The number of Topliss-reactive ketones (excluding diaryl/α,β-unsaturated/α-hetero) is 2. The van der Waals surface area contributed by atoms with Crippen molar-refractivity contribution < 1.29 is 19.8 Å². The molecule has 0 aromatic rings. The third kappa shape index (κ3) is 6.03. The van der Waals surface area contributed by atoms with Crippen LogP contribution < -0.4 is 0 Å². The fourth-order valence-electron chi connectivity index (χ4n) is 16.7. The fraction of sp³-hybridized carbons (Fsp3) is 0.915. The summed E-state index contributed by atoms with van der Waals surface area (Å²) in [7, 11) is 0. The molecule has 7 saturated carbocycles. The van der Waals surface area contributed by atoms with Gasteiger partial charge in [0, 0.05) is 11.8 Å². The molecule has 8 aliphatic rings. The van der Waals surface area contributed by atoms with Gasteiger partial charge >= 0.3 is 0 Å². The van der Waals surface area contributed by atoms with Crippen molar-refractivity contribution in [1.82, 2.24) is 0 Å². The Labute approximate surface area is 312 Å². The van der Waals surface area contributed by atoms with Gasteiger partial charge in [-0.05, 0) is 206 Å². The van der Waals surface area contributed by atoms with Gasteiger partial charge in [-0.3, -0.25) is 9.59 Å². The van der Waals surface area contributed by atoms with Gasteiger partial charge in [0.05, 0.1) is 11.2 Å². The Morgan fingerprint density at radius 1 is 0.588 bits per heavy atom. The van der Waals surface area contributed by atoms with Crippen molar-refractivity contribution in [3.63, 3.8) is 0 Å². The SMILES string of the molecule is CC(=O)[C@H]1CC[C@H]2[C@@H]3CC=C4C[C@@](C)(O)CCC[C@]4(C)[C@H]3CC[C@]12C.CC(=O)[C@H]1CC[C@H]2[C@@H]3CC[C@@]4(C)C[C@@](C)(O)CCC[C@]4(C)[C@H]3CC[C@]12C.